The molecule has 0 unspecified atom stereocenters. The number of carbonyl (C=O) groups excluding carboxylic acids is 2. The summed E-state index contributed by atoms with van der Waals surface area (Å²) in [6.45, 7) is 3.40. The Kier molecular flexibility index (Phi) is 5.72. The van der Waals surface area contributed by atoms with Crippen molar-refractivity contribution < 1.29 is 14.0 Å². The zero-order valence-corrected chi connectivity index (χ0v) is 20.8. The molecule has 10 heteroatoms. The van der Waals surface area contributed by atoms with Crippen LogP contribution in [0.2, 0.25) is 0 Å². The molecule has 0 radical (unpaired) electrons. The Balaban J connectivity index is 1.45. The van der Waals surface area contributed by atoms with Gasteiger partial charge >= 0.3 is 0 Å². The minimum atomic E-state index is -1.08. The maximum Gasteiger partial charge on any atom is 0.263 e. The van der Waals surface area contributed by atoms with Crippen molar-refractivity contribution in [1.82, 2.24) is 9.55 Å². The number of hydrogen-bond donors (Lipinski definition) is 1. The topological polar surface area (TPSA) is 84.3 Å². The zero-order valence-electron chi connectivity index (χ0n) is 19.2. The summed E-state index contributed by atoms with van der Waals surface area (Å²) in [5, 5.41) is 5.54. The Labute approximate surface area is 208 Å². The van der Waals surface area contributed by atoms with Gasteiger partial charge in [-0.2, -0.15) is 0 Å². The molecule has 2 amide bonds. The number of anilines is 2. The van der Waals surface area contributed by atoms with Gasteiger partial charge in [0.25, 0.3) is 5.56 Å². The zero-order chi connectivity index (χ0) is 24.9. The summed E-state index contributed by atoms with van der Waals surface area (Å²) in [5.74, 6) is -0.893. The molecule has 7 nitrogen and oxygen atoms in total. The predicted molar refractivity (Wildman–Crippen MR) is 138 cm³/mol. The minimum Gasteiger partial charge on any atom is -0.322 e. The average Bonchev–Trinajstić information content (AvgIpc) is 3.25. The lowest BCUT2D eigenvalue weighted by molar-refractivity contribution is -0.125. The fraction of sp³-hybridized carbons (Fsp3) is 0.200. The summed E-state index contributed by atoms with van der Waals surface area (Å²) in [6.07, 6.45) is 0. The molecular formula is C25H21FN4O3S2. The fourth-order valence-electron chi connectivity index (χ4n) is 4.11. The highest BCUT2D eigenvalue weighted by Crippen LogP contribution is 2.37. The van der Waals surface area contributed by atoms with Crippen molar-refractivity contribution in [2.45, 2.75) is 24.5 Å². The molecular weight excluding hydrogens is 487 g/mol. The van der Waals surface area contributed by atoms with Crippen LogP contribution in [0.5, 0.6) is 0 Å². The summed E-state index contributed by atoms with van der Waals surface area (Å²) in [7, 11) is 1.61. The first-order valence-electron chi connectivity index (χ1n) is 10.8. The molecule has 3 heterocycles. The molecule has 0 spiro atoms. The number of thiophene rings is 1. The van der Waals surface area contributed by atoms with Gasteiger partial charge in [-0.3, -0.25) is 23.9 Å². The molecule has 0 saturated carbocycles. The Morgan fingerprint density at radius 1 is 1.14 bits per heavy atom. The van der Waals surface area contributed by atoms with Crippen LogP contribution in [0, 0.1) is 5.82 Å². The van der Waals surface area contributed by atoms with Gasteiger partial charge in [0.15, 0.2) is 5.16 Å². The van der Waals surface area contributed by atoms with Crippen LogP contribution in [0.4, 0.5) is 15.8 Å². The number of nitrogens with one attached hydrogen (secondary N) is 1. The van der Waals surface area contributed by atoms with Crippen LogP contribution in [0.1, 0.15) is 13.8 Å². The van der Waals surface area contributed by atoms with Gasteiger partial charge in [-0.05, 0) is 43.7 Å². The Morgan fingerprint density at radius 3 is 2.60 bits per heavy atom. The van der Waals surface area contributed by atoms with E-state index in [4.69, 9.17) is 0 Å². The third-order valence-corrected chi connectivity index (χ3v) is 7.90. The third kappa shape index (κ3) is 3.92. The van der Waals surface area contributed by atoms with E-state index < -0.39 is 5.54 Å². The molecule has 1 aliphatic heterocycles. The molecule has 4 aromatic rings. The minimum absolute atomic E-state index is 0.00692. The number of carbonyl (C=O) groups is 2. The quantitative estimate of drug-likeness (QED) is 0.320. The number of hydrogen-bond acceptors (Lipinski definition) is 6. The monoisotopic (exact) mass is 508 g/mol. The van der Waals surface area contributed by atoms with Crippen LogP contribution in [-0.4, -0.2) is 32.7 Å². The standard InChI is InChI=1S/C25H21FN4O3S2/c1-25(2)23(33)27-17-6-4-5-7-18(17)30(25)19(31)13-35-24-28-21-20(22(32)29(24)3)16(12-34-21)14-8-10-15(26)11-9-14/h4-12H,13H2,1-3H3,(H,27,33). The van der Waals surface area contributed by atoms with Gasteiger partial charge in [0, 0.05) is 18.0 Å². The molecule has 0 aliphatic carbocycles. The molecule has 2 aromatic carbocycles. The van der Waals surface area contributed by atoms with Crippen LogP contribution in [-0.2, 0) is 16.6 Å². The van der Waals surface area contributed by atoms with E-state index in [1.54, 1.807) is 51.2 Å². The second-order valence-corrected chi connectivity index (χ2v) is 10.4. The fourth-order valence-corrected chi connectivity index (χ4v) is 5.92. The molecule has 35 heavy (non-hydrogen) atoms. The Bertz CT molecular complexity index is 1540. The largest absolute Gasteiger partial charge is 0.322 e. The number of amides is 2. The van der Waals surface area contributed by atoms with E-state index in [0.29, 0.717) is 32.3 Å². The van der Waals surface area contributed by atoms with Crippen molar-refractivity contribution in [3.8, 4) is 11.1 Å². The van der Waals surface area contributed by atoms with Gasteiger partial charge in [0.1, 0.15) is 16.2 Å². The third-order valence-electron chi connectivity index (χ3n) is 6.01. The first-order valence-corrected chi connectivity index (χ1v) is 12.7. The second-order valence-electron chi connectivity index (χ2n) is 8.64. The van der Waals surface area contributed by atoms with Crippen molar-refractivity contribution in [3.63, 3.8) is 0 Å². The van der Waals surface area contributed by atoms with Crippen LogP contribution < -0.4 is 15.8 Å². The summed E-state index contributed by atoms with van der Waals surface area (Å²) in [6, 6.07) is 13.1. The van der Waals surface area contributed by atoms with Crippen molar-refractivity contribution in [3.05, 3.63) is 70.1 Å². The van der Waals surface area contributed by atoms with E-state index in [1.807, 2.05) is 11.4 Å². The Hall–Kier alpha value is -3.50. The molecule has 0 fully saturated rings. The number of thioether (sulfide) groups is 1. The number of fused-ring (bicyclic) bond motifs is 2. The normalized spacial score (nSPS) is 14.6. The number of aromatic nitrogens is 2. The smallest absolute Gasteiger partial charge is 0.263 e. The number of nitrogens with zero attached hydrogens (tertiary/aromatic N) is 3. The van der Waals surface area contributed by atoms with Crippen LogP contribution in [0.3, 0.4) is 0 Å². The molecule has 1 N–H and O–H groups in total. The van der Waals surface area contributed by atoms with Crippen LogP contribution in [0.25, 0.3) is 21.3 Å². The van der Waals surface area contributed by atoms with Gasteiger partial charge in [0.2, 0.25) is 11.8 Å². The first kappa shape index (κ1) is 23.3. The lowest BCUT2D eigenvalue weighted by atomic mass is 9.96. The van der Waals surface area contributed by atoms with Crippen molar-refractivity contribution in [1.29, 1.82) is 0 Å². The van der Waals surface area contributed by atoms with Crippen molar-refractivity contribution >= 4 is 56.5 Å². The second kappa shape index (κ2) is 8.62. The van der Waals surface area contributed by atoms with Gasteiger partial charge in [-0.1, -0.05) is 36.0 Å². The predicted octanol–water partition coefficient (Wildman–Crippen LogP) is 4.66. The molecule has 0 saturated heterocycles. The van der Waals surface area contributed by atoms with E-state index >= 15 is 0 Å². The van der Waals surface area contributed by atoms with Gasteiger partial charge in [0.05, 0.1) is 22.5 Å². The maximum absolute atomic E-state index is 13.4. The average molecular weight is 509 g/mol. The first-order chi connectivity index (χ1) is 16.7. The molecule has 1 aliphatic rings. The molecule has 5 rings (SSSR count). The molecule has 178 valence electrons. The van der Waals surface area contributed by atoms with E-state index in [2.05, 4.69) is 10.3 Å². The number of rotatable bonds is 4. The summed E-state index contributed by atoms with van der Waals surface area (Å²) in [4.78, 5) is 45.9. The highest BCUT2D eigenvalue weighted by Gasteiger charge is 2.43. The lowest BCUT2D eigenvalue weighted by Gasteiger charge is -2.42. The van der Waals surface area contributed by atoms with E-state index in [-0.39, 0.29) is 28.9 Å². The SMILES string of the molecule is Cn1c(SCC(=O)N2c3ccccc3NC(=O)C2(C)C)nc2scc(-c3ccc(F)cc3)c2c1=O. The number of halogens is 1. The highest BCUT2D eigenvalue weighted by molar-refractivity contribution is 7.99. The maximum atomic E-state index is 13.4. The van der Waals surface area contributed by atoms with Crippen LogP contribution in [0.15, 0.2) is 63.9 Å². The number of para-hydroxylation sites is 2. The molecule has 2 aromatic heterocycles. The lowest BCUT2D eigenvalue weighted by Crippen LogP contribution is -2.59. The van der Waals surface area contributed by atoms with Crippen molar-refractivity contribution in [2.24, 2.45) is 7.05 Å². The van der Waals surface area contributed by atoms with Crippen LogP contribution >= 0.6 is 23.1 Å². The highest BCUT2D eigenvalue weighted by atomic mass is 32.2. The molecule has 0 bridgehead atoms. The summed E-state index contributed by atoms with van der Waals surface area (Å²) < 4.78 is 14.8. The van der Waals surface area contributed by atoms with Gasteiger partial charge in [-0.15, -0.1) is 11.3 Å². The molecule has 0 atom stereocenters. The van der Waals surface area contributed by atoms with E-state index in [9.17, 15) is 18.8 Å². The Morgan fingerprint density at radius 2 is 1.86 bits per heavy atom. The van der Waals surface area contributed by atoms with Gasteiger partial charge in [-0.25, -0.2) is 9.37 Å². The van der Waals surface area contributed by atoms with Crippen molar-refractivity contribution in [2.75, 3.05) is 16.0 Å². The summed E-state index contributed by atoms with van der Waals surface area (Å²) in [5.41, 5.74) is 1.32. The van der Waals surface area contributed by atoms with Gasteiger partial charge < -0.3 is 5.32 Å². The van der Waals surface area contributed by atoms with E-state index in [0.717, 1.165) is 17.3 Å². The van der Waals surface area contributed by atoms with E-state index in [1.165, 1.54) is 32.9 Å². The summed E-state index contributed by atoms with van der Waals surface area (Å²) >= 11 is 2.47. The number of benzene rings is 2.